The topological polar surface area (TPSA) is 169 Å². The van der Waals surface area contributed by atoms with E-state index in [1.165, 1.54) is 74.4 Å². The number of rotatable bonds is 27. The van der Waals surface area contributed by atoms with Gasteiger partial charge >= 0.3 is 23.6 Å². The molecule has 0 aliphatic carbocycles. The van der Waals surface area contributed by atoms with Crippen LogP contribution in [-0.2, 0) is 40.9 Å². The highest BCUT2D eigenvalue weighted by molar-refractivity contribution is 6.61. The predicted molar refractivity (Wildman–Crippen MR) is 200 cm³/mol. The van der Waals surface area contributed by atoms with Gasteiger partial charge < -0.3 is 47.2 Å². The SMILES string of the molecule is CCCCCCCCOC(=O)/C=C/C(=O)NCC[Si](OC)(OC)OC.CCCCCNC(=O)c1ccccc1C(=O)NCC[Si](OC)(OC)OC. The molecule has 0 saturated heterocycles. The summed E-state index contributed by atoms with van der Waals surface area (Å²) >= 11 is 0. The molecule has 0 spiro atoms. The Morgan fingerprint density at radius 1 is 0.569 bits per heavy atom. The van der Waals surface area contributed by atoms with Crippen molar-refractivity contribution < 1.29 is 50.5 Å². The Bertz CT molecular complexity index is 1130. The molecule has 14 nitrogen and oxygen atoms in total. The van der Waals surface area contributed by atoms with Gasteiger partial charge in [0.25, 0.3) is 11.8 Å². The summed E-state index contributed by atoms with van der Waals surface area (Å²) in [7, 11) is 3.69. The molecule has 0 bridgehead atoms. The third-order valence-electron chi connectivity index (χ3n) is 7.91. The number of amides is 3. The molecule has 0 fully saturated rings. The van der Waals surface area contributed by atoms with E-state index >= 15 is 0 Å². The van der Waals surface area contributed by atoms with Gasteiger partial charge in [-0.2, -0.15) is 0 Å². The van der Waals surface area contributed by atoms with Crippen molar-refractivity contribution in [2.24, 2.45) is 0 Å². The number of carbonyl (C=O) groups excluding carboxylic acids is 4. The molecule has 1 aromatic carbocycles. The molecule has 0 radical (unpaired) electrons. The molecule has 0 saturated carbocycles. The third-order valence-corrected chi connectivity index (χ3v) is 13.4. The molecule has 0 atom stereocenters. The molecule has 292 valence electrons. The standard InChI is InChI=1S/C18H30N2O5Si.C17H33NO6Si/c1-5-6-9-12-19-17(21)15-10-7-8-11-16(15)18(22)20-13-14-26(23-2,24-3)25-4;1-5-6-7-8-9-10-14-24-17(20)12-11-16(19)18-13-15-25(21-2,22-3)23-4/h7-8,10-11H,5-6,9,12-14H2,1-4H3,(H,19,21)(H,20,22);11-12H,5-10,13-15H2,1-4H3,(H,18,19)/b;12-11+. The Balaban J connectivity index is 0.000000982. The number of benzene rings is 1. The minimum absolute atomic E-state index is 0.235. The molecule has 0 unspecified atom stereocenters. The first-order chi connectivity index (χ1) is 24.6. The van der Waals surface area contributed by atoms with E-state index in [1.807, 2.05) is 0 Å². The lowest BCUT2D eigenvalue weighted by atomic mass is 10.1. The number of unbranched alkanes of at least 4 members (excludes halogenated alkanes) is 7. The maximum atomic E-state index is 12.5. The molecule has 1 rings (SSSR count). The average Bonchev–Trinajstić information content (AvgIpc) is 3.16. The fourth-order valence-corrected chi connectivity index (χ4v) is 7.82. The van der Waals surface area contributed by atoms with Gasteiger partial charge in [-0.15, -0.1) is 0 Å². The van der Waals surface area contributed by atoms with Crippen molar-refractivity contribution in [3.05, 3.63) is 47.5 Å². The number of esters is 1. The monoisotopic (exact) mass is 757 g/mol. The van der Waals surface area contributed by atoms with E-state index < -0.39 is 23.6 Å². The second-order valence-corrected chi connectivity index (χ2v) is 17.6. The molecule has 3 N–H and O–H groups in total. The van der Waals surface area contributed by atoms with E-state index in [1.54, 1.807) is 24.3 Å². The van der Waals surface area contributed by atoms with Crippen molar-refractivity contribution in [1.82, 2.24) is 16.0 Å². The van der Waals surface area contributed by atoms with Crippen LogP contribution >= 0.6 is 0 Å². The Kier molecular flexibility index (Phi) is 27.9. The van der Waals surface area contributed by atoms with E-state index in [0.717, 1.165) is 38.2 Å². The molecular formula is C35H63N3O11Si2. The van der Waals surface area contributed by atoms with Gasteiger partial charge in [-0.1, -0.05) is 70.9 Å². The van der Waals surface area contributed by atoms with Crippen LogP contribution in [0, 0.1) is 0 Å². The lowest BCUT2D eigenvalue weighted by Crippen LogP contribution is -2.45. The van der Waals surface area contributed by atoms with Crippen LogP contribution in [0.5, 0.6) is 0 Å². The van der Waals surface area contributed by atoms with Gasteiger partial charge in [0, 0.05) is 86.5 Å². The van der Waals surface area contributed by atoms with Crippen LogP contribution in [0.15, 0.2) is 36.4 Å². The van der Waals surface area contributed by atoms with E-state index in [4.69, 9.17) is 31.3 Å². The van der Waals surface area contributed by atoms with Crippen LogP contribution < -0.4 is 16.0 Å². The summed E-state index contributed by atoms with van der Waals surface area (Å²) in [6.07, 6.45) is 12.1. The largest absolute Gasteiger partial charge is 0.501 e. The van der Waals surface area contributed by atoms with Crippen molar-refractivity contribution in [3.63, 3.8) is 0 Å². The van der Waals surface area contributed by atoms with Gasteiger partial charge in [0.2, 0.25) is 5.91 Å². The highest BCUT2D eigenvalue weighted by Gasteiger charge is 2.38. The molecule has 0 aromatic heterocycles. The molecule has 3 amide bonds. The van der Waals surface area contributed by atoms with Gasteiger partial charge in [-0.05, 0) is 25.0 Å². The van der Waals surface area contributed by atoms with Crippen molar-refractivity contribution in [3.8, 4) is 0 Å². The van der Waals surface area contributed by atoms with Crippen LogP contribution in [0.25, 0.3) is 0 Å². The average molecular weight is 758 g/mol. The van der Waals surface area contributed by atoms with Crippen molar-refractivity contribution in [2.45, 2.75) is 83.7 Å². The Morgan fingerprint density at radius 3 is 1.49 bits per heavy atom. The Morgan fingerprint density at radius 2 is 1.00 bits per heavy atom. The summed E-state index contributed by atoms with van der Waals surface area (Å²) < 4.78 is 36.8. The number of carbonyl (C=O) groups is 4. The number of hydrogen-bond acceptors (Lipinski definition) is 11. The maximum Gasteiger partial charge on any atom is 0.501 e. The molecule has 1 aromatic rings. The minimum Gasteiger partial charge on any atom is -0.463 e. The molecule has 0 aliphatic heterocycles. The third kappa shape index (κ3) is 20.6. The van der Waals surface area contributed by atoms with Gasteiger partial charge in [0.05, 0.1) is 17.7 Å². The van der Waals surface area contributed by atoms with Crippen molar-refractivity contribution in [2.75, 3.05) is 68.9 Å². The molecular weight excluding hydrogens is 695 g/mol. The van der Waals surface area contributed by atoms with Crippen LogP contribution in [0.1, 0.15) is 92.4 Å². The van der Waals surface area contributed by atoms with E-state index in [-0.39, 0.29) is 17.7 Å². The summed E-state index contributed by atoms with van der Waals surface area (Å²) in [5, 5.41) is 8.32. The highest BCUT2D eigenvalue weighted by Crippen LogP contribution is 2.13. The predicted octanol–water partition coefficient (Wildman–Crippen LogP) is 4.66. The van der Waals surface area contributed by atoms with E-state index in [0.29, 0.717) is 49.5 Å². The number of nitrogens with one attached hydrogen (secondary N) is 3. The van der Waals surface area contributed by atoms with Gasteiger partial charge in [0.15, 0.2) is 0 Å². The summed E-state index contributed by atoms with van der Waals surface area (Å²) in [5.74, 6) is -1.42. The van der Waals surface area contributed by atoms with Crippen molar-refractivity contribution in [1.29, 1.82) is 0 Å². The van der Waals surface area contributed by atoms with Crippen LogP contribution in [0.4, 0.5) is 0 Å². The highest BCUT2D eigenvalue weighted by atomic mass is 28.4. The molecule has 16 heteroatoms. The fourth-order valence-electron chi connectivity index (χ4n) is 4.73. The normalized spacial score (nSPS) is 11.5. The van der Waals surface area contributed by atoms with Gasteiger partial charge in [-0.25, -0.2) is 4.79 Å². The van der Waals surface area contributed by atoms with E-state index in [9.17, 15) is 19.2 Å². The van der Waals surface area contributed by atoms with Gasteiger partial charge in [0.1, 0.15) is 0 Å². The summed E-state index contributed by atoms with van der Waals surface area (Å²) in [6, 6.07) is 7.66. The second-order valence-electron chi connectivity index (χ2n) is 11.4. The first-order valence-corrected chi connectivity index (χ1v) is 21.5. The first kappa shape index (κ1) is 48.0. The molecule has 0 aliphatic rings. The second kappa shape index (κ2) is 29.6. The van der Waals surface area contributed by atoms with Crippen LogP contribution in [0.2, 0.25) is 12.1 Å². The van der Waals surface area contributed by atoms with Crippen molar-refractivity contribution >= 4 is 41.3 Å². The number of hydrogen-bond donors (Lipinski definition) is 3. The lowest BCUT2D eigenvalue weighted by Gasteiger charge is -2.24. The summed E-state index contributed by atoms with van der Waals surface area (Å²) in [5.41, 5.74) is 0.718. The number of ether oxygens (including phenoxy) is 1. The zero-order valence-corrected chi connectivity index (χ0v) is 34.1. The van der Waals surface area contributed by atoms with Gasteiger partial charge in [-0.3, -0.25) is 14.4 Å². The minimum atomic E-state index is -2.74. The quantitative estimate of drug-likeness (QED) is 0.0494. The molecule has 51 heavy (non-hydrogen) atoms. The molecule has 0 heterocycles. The zero-order valence-electron chi connectivity index (χ0n) is 32.1. The lowest BCUT2D eigenvalue weighted by molar-refractivity contribution is -0.138. The van der Waals surface area contributed by atoms with Crippen LogP contribution in [0.3, 0.4) is 0 Å². The van der Waals surface area contributed by atoms with E-state index in [2.05, 4.69) is 29.8 Å². The maximum absolute atomic E-state index is 12.5. The zero-order chi connectivity index (χ0) is 38.4. The Labute approximate surface area is 307 Å². The summed E-state index contributed by atoms with van der Waals surface area (Å²) in [4.78, 5) is 48.0. The summed E-state index contributed by atoms with van der Waals surface area (Å²) in [6.45, 7) is 5.93. The first-order valence-electron chi connectivity index (χ1n) is 17.7. The smallest absolute Gasteiger partial charge is 0.463 e. The van der Waals surface area contributed by atoms with Crippen LogP contribution in [-0.4, -0.2) is 110 Å². The Hall–Kier alpha value is -2.97. The fraction of sp³-hybridized carbons (Fsp3) is 0.657.